The van der Waals surface area contributed by atoms with Crippen LogP contribution in [0.5, 0.6) is 5.75 Å². The van der Waals surface area contributed by atoms with Crippen molar-refractivity contribution >= 4 is 11.8 Å². The van der Waals surface area contributed by atoms with E-state index in [1.165, 1.54) is 6.42 Å². The molecule has 0 aromatic heterocycles. The van der Waals surface area contributed by atoms with Crippen molar-refractivity contribution < 1.29 is 14.3 Å². The van der Waals surface area contributed by atoms with E-state index in [4.69, 9.17) is 4.74 Å². The molecule has 1 heterocycles. The van der Waals surface area contributed by atoms with Crippen LogP contribution in [0, 0.1) is 5.92 Å². The van der Waals surface area contributed by atoms with Crippen LogP contribution in [0.1, 0.15) is 37.0 Å². The summed E-state index contributed by atoms with van der Waals surface area (Å²) in [5, 5.41) is 2.69. The number of hydrogen-bond donors (Lipinski definition) is 1. The summed E-state index contributed by atoms with van der Waals surface area (Å²) in [6, 6.07) is 6.92. The first kappa shape index (κ1) is 16.3. The Labute approximate surface area is 131 Å². The van der Waals surface area contributed by atoms with Crippen molar-refractivity contribution in [3.05, 3.63) is 29.8 Å². The van der Waals surface area contributed by atoms with Gasteiger partial charge in [-0.1, -0.05) is 6.92 Å². The van der Waals surface area contributed by atoms with Crippen molar-refractivity contribution in [2.24, 2.45) is 5.92 Å². The maximum atomic E-state index is 12.1. The Kier molecular flexibility index (Phi) is 5.81. The predicted octanol–water partition coefficient (Wildman–Crippen LogP) is 2.07. The summed E-state index contributed by atoms with van der Waals surface area (Å²) < 4.78 is 5.34. The molecule has 0 saturated carbocycles. The summed E-state index contributed by atoms with van der Waals surface area (Å²) in [7, 11) is 0. The Morgan fingerprint density at radius 2 is 2.05 bits per heavy atom. The smallest absolute Gasteiger partial charge is 0.251 e. The molecule has 0 aliphatic carbocycles. The molecule has 5 nitrogen and oxygen atoms in total. The normalized spacial score (nSPS) is 17.9. The van der Waals surface area contributed by atoms with Crippen molar-refractivity contribution in [3.63, 3.8) is 0 Å². The summed E-state index contributed by atoms with van der Waals surface area (Å²) in [6.45, 7) is 6.29. The molecule has 120 valence electrons. The van der Waals surface area contributed by atoms with Crippen LogP contribution < -0.4 is 10.1 Å². The lowest BCUT2D eigenvalue weighted by Crippen LogP contribution is -2.44. The largest absolute Gasteiger partial charge is 0.494 e. The molecule has 1 saturated heterocycles. The van der Waals surface area contributed by atoms with E-state index < -0.39 is 0 Å². The molecule has 0 bridgehead atoms. The van der Waals surface area contributed by atoms with Crippen LogP contribution >= 0.6 is 0 Å². The molecule has 0 radical (unpaired) electrons. The van der Waals surface area contributed by atoms with Crippen molar-refractivity contribution in [3.8, 4) is 5.75 Å². The highest BCUT2D eigenvalue weighted by molar-refractivity contribution is 5.96. The van der Waals surface area contributed by atoms with Gasteiger partial charge < -0.3 is 15.0 Å². The monoisotopic (exact) mass is 304 g/mol. The molecule has 22 heavy (non-hydrogen) atoms. The molecule has 1 N–H and O–H groups in total. The number of rotatable bonds is 5. The van der Waals surface area contributed by atoms with E-state index in [1.54, 1.807) is 24.3 Å². The molecular formula is C17H24N2O3. The molecule has 1 fully saturated rings. The van der Waals surface area contributed by atoms with Crippen LogP contribution in [0.4, 0.5) is 0 Å². The molecule has 1 aromatic rings. The standard InChI is InChI=1S/C17H24N2O3/c1-3-22-15-8-6-14(7-9-15)17(21)18-11-16(20)19-10-4-5-13(2)12-19/h6-9,13H,3-5,10-12H2,1-2H3,(H,18,21). The van der Waals surface area contributed by atoms with Crippen molar-refractivity contribution in [2.45, 2.75) is 26.7 Å². The molecule has 1 aliphatic rings. The number of nitrogens with zero attached hydrogens (tertiary/aromatic N) is 1. The second-order valence-electron chi connectivity index (χ2n) is 5.73. The summed E-state index contributed by atoms with van der Waals surface area (Å²) in [5.41, 5.74) is 0.531. The average Bonchev–Trinajstić information content (AvgIpc) is 2.53. The van der Waals surface area contributed by atoms with Crippen molar-refractivity contribution in [1.82, 2.24) is 10.2 Å². The van der Waals surface area contributed by atoms with Crippen LogP contribution in [0.15, 0.2) is 24.3 Å². The van der Waals surface area contributed by atoms with Gasteiger partial charge >= 0.3 is 0 Å². The fraction of sp³-hybridized carbons (Fsp3) is 0.529. The minimum absolute atomic E-state index is 0.00848. The Hall–Kier alpha value is -2.04. The summed E-state index contributed by atoms with van der Waals surface area (Å²) in [4.78, 5) is 26.0. The molecule has 1 aliphatic heterocycles. The lowest BCUT2D eigenvalue weighted by atomic mass is 10.0. The minimum atomic E-state index is -0.235. The van der Waals surface area contributed by atoms with Crippen molar-refractivity contribution in [1.29, 1.82) is 0 Å². The fourth-order valence-electron chi connectivity index (χ4n) is 2.65. The first-order valence-corrected chi connectivity index (χ1v) is 7.89. The number of piperidine rings is 1. The van der Waals surface area contributed by atoms with Crippen LogP contribution in [0.3, 0.4) is 0 Å². The van der Waals surface area contributed by atoms with Crippen molar-refractivity contribution in [2.75, 3.05) is 26.2 Å². The van der Waals surface area contributed by atoms with E-state index >= 15 is 0 Å². The quantitative estimate of drug-likeness (QED) is 0.906. The maximum absolute atomic E-state index is 12.1. The molecule has 1 atom stereocenters. The second-order valence-corrected chi connectivity index (χ2v) is 5.73. The lowest BCUT2D eigenvalue weighted by molar-refractivity contribution is -0.131. The molecule has 1 unspecified atom stereocenters. The Morgan fingerprint density at radius 3 is 2.68 bits per heavy atom. The molecular weight excluding hydrogens is 280 g/mol. The van der Waals surface area contributed by atoms with Gasteiger partial charge in [-0.3, -0.25) is 9.59 Å². The first-order valence-electron chi connectivity index (χ1n) is 7.89. The number of hydrogen-bond acceptors (Lipinski definition) is 3. The minimum Gasteiger partial charge on any atom is -0.494 e. The zero-order valence-corrected chi connectivity index (χ0v) is 13.3. The third-order valence-electron chi connectivity index (χ3n) is 3.84. The second kappa shape index (κ2) is 7.82. The molecule has 2 rings (SSSR count). The first-order chi connectivity index (χ1) is 10.6. The van der Waals surface area contributed by atoms with Crippen LogP contribution in [-0.2, 0) is 4.79 Å². The van der Waals surface area contributed by atoms with E-state index in [-0.39, 0.29) is 18.4 Å². The highest BCUT2D eigenvalue weighted by Crippen LogP contribution is 2.15. The number of likely N-dealkylation sites (tertiary alicyclic amines) is 1. The van der Waals surface area contributed by atoms with Gasteiger partial charge in [0.05, 0.1) is 13.2 Å². The van der Waals surface area contributed by atoms with Gasteiger partial charge in [-0.25, -0.2) is 0 Å². The summed E-state index contributed by atoms with van der Waals surface area (Å²) in [5.74, 6) is 1.03. The van der Waals surface area contributed by atoms with Gasteiger partial charge in [0.1, 0.15) is 5.75 Å². The lowest BCUT2D eigenvalue weighted by Gasteiger charge is -2.31. The van der Waals surface area contributed by atoms with Crippen LogP contribution in [0.25, 0.3) is 0 Å². The van der Waals surface area contributed by atoms with E-state index in [0.29, 0.717) is 18.1 Å². The highest BCUT2D eigenvalue weighted by atomic mass is 16.5. The van der Waals surface area contributed by atoms with E-state index in [0.717, 1.165) is 25.3 Å². The third kappa shape index (κ3) is 4.48. The predicted molar refractivity (Wildman–Crippen MR) is 84.9 cm³/mol. The summed E-state index contributed by atoms with van der Waals surface area (Å²) >= 11 is 0. The number of carbonyl (C=O) groups excluding carboxylic acids is 2. The number of nitrogens with one attached hydrogen (secondary N) is 1. The Bertz CT molecular complexity index is 513. The topological polar surface area (TPSA) is 58.6 Å². The van der Waals surface area contributed by atoms with Gasteiger partial charge in [0.2, 0.25) is 5.91 Å². The maximum Gasteiger partial charge on any atom is 0.251 e. The number of benzene rings is 1. The Balaban J connectivity index is 1.82. The molecule has 2 amide bonds. The fourth-order valence-corrected chi connectivity index (χ4v) is 2.65. The number of amides is 2. The molecule has 1 aromatic carbocycles. The number of carbonyl (C=O) groups is 2. The van der Waals surface area contributed by atoms with Gasteiger partial charge in [-0.05, 0) is 49.9 Å². The third-order valence-corrected chi connectivity index (χ3v) is 3.84. The van der Waals surface area contributed by atoms with E-state index in [2.05, 4.69) is 12.2 Å². The van der Waals surface area contributed by atoms with E-state index in [9.17, 15) is 9.59 Å². The zero-order valence-electron chi connectivity index (χ0n) is 13.3. The van der Waals surface area contributed by atoms with Gasteiger partial charge in [-0.15, -0.1) is 0 Å². The van der Waals surface area contributed by atoms with Crippen LogP contribution in [0.2, 0.25) is 0 Å². The van der Waals surface area contributed by atoms with Crippen LogP contribution in [-0.4, -0.2) is 43.0 Å². The van der Waals surface area contributed by atoms with Gasteiger partial charge in [0, 0.05) is 18.7 Å². The molecule has 5 heteroatoms. The number of ether oxygens (including phenoxy) is 1. The van der Waals surface area contributed by atoms with E-state index in [1.807, 2.05) is 11.8 Å². The SMILES string of the molecule is CCOc1ccc(C(=O)NCC(=O)N2CCCC(C)C2)cc1. The van der Waals surface area contributed by atoms with Gasteiger partial charge in [-0.2, -0.15) is 0 Å². The molecule has 0 spiro atoms. The Morgan fingerprint density at radius 1 is 1.32 bits per heavy atom. The van der Waals surface area contributed by atoms with Gasteiger partial charge in [0.25, 0.3) is 5.91 Å². The average molecular weight is 304 g/mol. The summed E-state index contributed by atoms with van der Waals surface area (Å²) in [6.07, 6.45) is 2.21. The van der Waals surface area contributed by atoms with Gasteiger partial charge in [0.15, 0.2) is 0 Å². The highest BCUT2D eigenvalue weighted by Gasteiger charge is 2.21. The zero-order chi connectivity index (χ0) is 15.9.